The van der Waals surface area contributed by atoms with Crippen molar-refractivity contribution in [2.45, 2.75) is 12.3 Å². The Labute approximate surface area is 180 Å². The highest BCUT2D eigenvalue weighted by Crippen LogP contribution is 2.30. The van der Waals surface area contributed by atoms with Gasteiger partial charge in [-0.15, -0.1) is 11.3 Å². The Morgan fingerprint density at radius 2 is 1.53 bits per heavy atom. The van der Waals surface area contributed by atoms with E-state index in [1.165, 1.54) is 11.3 Å². The molecule has 0 aliphatic rings. The predicted molar refractivity (Wildman–Crippen MR) is 122 cm³/mol. The first-order valence-corrected chi connectivity index (χ1v) is 10.6. The molecule has 0 radical (unpaired) electrons. The Balaban J connectivity index is 1.48. The number of hydrogen-bond donors (Lipinski definition) is 1. The predicted octanol–water partition coefficient (Wildman–Crippen LogP) is 5.98. The van der Waals surface area contributed by atoms with E-state index < -0.39 is 0 Å². The summed E-state index contributed by atoms with van der Waals surface area (Å²) in [6.45, 7) is 0. The van der Waals surface area contributed by atoms with Crippen LogP contribution in [0.25, 0.3) is 11.3 Å². The lowest BCUT2D eigenvalue weighted by Gasteiger charge is -2.17. The molecule has 3 aromatic carbocycles. The van der Waals surface area contributed by atoms with Crippen molar-refractivity contribution in [3.8, 4) is 17.0 Å². The van der Waals surface area contributed by atoms with Crippen molar-refractivity contribution in [1.29, 1.82) is 0 Å². The van der Waals surface area contributed by atoms with Crippen LogP contribution in [-0.2, 0) is 4.79 Å². The fraction of sp³-hybridized carbons (Fsp3) is 0.120. The SMILES string of the molecule is COc1ccc(-c2csc(NC(=O)CC(c3ccccc3)c3ccccc3)n2)cc1. The zero-order valence-electron chi connectivity index (χ0n) is 16.6. The Kier molecular flexibility index (Phi) is 6.20. The number of thiazole rings is 1. The molecule has 0 fully saturated rings. The standard InChI is InChI=1S/C25H22N2O2S/c1-29-21-14-12-20(13-15-21)23-17-30-25(26-23)27-24(28)16-22(18-8-4-2-5-9-18)19-10-6-3-7-11-19/h2-15,17,22H,16H2,1H3,(H,26,27,28). The average Bonchev–Trinajstić information content (AvgIpc) is 3.27. The molecule has 0 aliphatic heterocycles. The minimum atomic E-state index is -0.0525. The summed E-state index contributed by atoms with van der Waals surface area (Å²) in [7, 11) is 1.64. The molecular formula is C25H22N2O2S. The van der Waals surface area contributed by atoms with Gasteiger partial charge in [-0.2, -0.15) is 0 Å². The average molecular weight is 415 g/mol. The van der Waals surface area contributed by atoms with Crippen molar-refractivity contribution in [1.82, 2.24) is 4.98 Å². The van der Waals surface area contributed by atoms with E-state index >= 15 is 0 Å². The molecule has 1 heterocycles. The van der Waals surface area contributed by atoms with Gasteiger partial charge in [0, 0.05) is 23.3 Å². The molecule has 0 bridgehead atoms. The third-order valence-corrected chi connectivity index (χ3v) is 5.69. The van der Waals surface area contributed by atoms with Crippen molar-refractivity contribution < 1.29 is 9.53 Å². The van der Waals surface area contributed by atoms with E-state index in [9.17, 15) is 4.79 Å². The van der Waals surface area contributed by atoms with Crippen LogP contribution >= 0.6 is 11.3 Å². The van der Waals surface area contributed by atoms with Gasteiger partial charge in [0.15, 0.2) is 5.13 Å². The molecule has 4 rings (SSSR count). The Morgan fingerprint density at radius 1 is 0.933 bits per heavy atom. The molecule has 0 saturated carbocycles. The molecule has 5 heteroatoms. The van der Waals surface area contributed by atoms with Crippen molar-refractivity contribution in [3.63, 3.8) is 0 Å². The zero-order chi connectivity index (χ0) is 20.8. The van der Waals surface area contributed by atoms with E-state index in [4.69, 9.17) is 4.74 Å². The van der Waals surface area contributed by atoms with Crippen LogP contribution in [0.2, 0.25) is 0 Å². The second-order valence-electron chi connectivity index (χ2n) is 6.89. The molecule has 1 aromatic heterocycles. The number of anilines is 1. The zero-order valence-corrected chi connectivity index (χ0v) is 17.4. The summed E-state index contributed by atoms with van der Waals surface area (Å²) < 4.78 is 5.20. The normalized spacial score (nSPS) is 10.7. The summed E-state index contributed by atoms with van der Waals surface area (Å²) in [6, 6.07) is 28.0. The summed E-state index contributed by atoms with van der Waals surface area (Å²) in [6.07, 6.45) is 0.353. The highest BCUT2D eigenvalue weighted by Gasteiger charge is 2.19. The van der Waals surface area contributed by atoms with Crippen LogP contribution < -0.4 is 10.1 Å². The number of hydrogen-bond acceptors (Lipinski definition) is 4. The summed E-state index contributed by atoms with van der Waals surface area (Å²) in [4.78, 5) is 17.4. The first-order chi connectivity index (χ1) is 14.7. The highest BCUT2D eigenvalue weighted by atomic mass is 32.1. The number of benzene rings is 3. The number of nitrogens with zero attached hydrogens (tertiary/aromatic N) is 1. The molecule has 0 aliphatic carbocycles. The van der Waals surface area contributed by atoms with E-state index in [-0.39, 0.29) is 11.8 Å². The monoisotopic (exact) mass is 414 g/mol. The topological polar surface area (TPSA) is 51.2 Å². The van der Waals surface area contributed by atoms with Gasteiger partial charge < -0.3 is 10.1 Å². The summed E-state index contributed by atoms with van der Waals surface area (Å²) >= 11 is 1.43. The van der Waals surface area contributed by atoms with Gasteiger partial charge in [0.25, 0.3) is 0 Å². The van der Waals surface area contributed by atoms with E-state index in [2.05, 4.69) is 34.6 Å². The minimum Gasteiger partial charge on any atom is -0.497 e. The van der Waals surface area contributed by atoms with Gasteiger partial charge in [-0.1, -0.05) is 60.7 Å². The highest BCUT2D eigenvalue weighted by molar-refractivity contribution is 7.14. The maximum absolute atomic E-state index is 12.8. The number of ether oxygens (including phenoxy) is 1. The second-order valence-corrected chi connectivity index (χ2v) is 7.75. The van der Waals surface area contributed by atoms with E-state index in [1.54, 1.807) is 7.11 Å². The largest absolute Gasteiger partial charge is 0.497 e. The number of carbonyl (C=O) groups is 1. The summed E-state index contributed by atoms with van der Waals surface area (Å²) in [5, 5.41) is 5.52. The molecule has 1 N–H and O–H groups in total. The van der Waals surface area contributed by atoms with Gasteiger partial charge in [0.1, 0.15) is 5.75 Å². The summed E-state index contributed by atoms with van der Waals surface area (Å²) in [5.74, 6) is 0.743. The van der Waals surface area contributed by atoms with Crippen LogP contribution in [0.5, 0.6) is 5.75 Å². The molecule has 0 saturated heterocycles. The van der Waals surface area contributed by atoms with Gasteiger partial charge in [-0.3, -0.25) is 4.79 Å². The molecule has 4 aromatic rings. The van der Waals surface area contributed by atoms with Crippen molar-refractivity contribution >= 4 is 22.4 Å². The fourth-order valence-corrected chi connectivity index (χ4v) is 4.12. The first-order valence-electron chi connectivity index (χ1n) is 9.72. The van der Waals surface area contributed by atoms with Crippen LogP contribution in [0.1, 0.15) is 23.5 Å². The van der Waals surface area contributed by atoms with Gasteiger partial charge in [0.05, 0.1) is 12.8 Å². The second kappa shape index (κ2) is 9.37. The number of nitrogens with one attached hydrogen (secondary N) is 1. The number of aromatic nitrogens is 1. The third-order valence-electron chi connectivity index (χ3n) is 4.93. The maximum Gasteiger partial charge on any atom is 0.227 e. The lowest BCUT2D eigenvalue weighted by molar-refractivity contribution is -0.116. The molecule has 0 spiro atoms. The number of rotatable bonds is 7. The number of methoxy groups -OCH3 is 1. The van der Waals surface area contributed by atoms with Crippen molar-refractivity contribution in [3.05, 3.63) is 101 Å². The minimum absolute atomic E-state index is 0.00609. The lowest BCUT2D eigenvalue weighted by atomic mass is 9.88. The first kappa shape index (κ1) is 19.9. The smallest absolute Gasteiger partial charge is 0.227 e. The van der Waals surface area contributed by atoms with E-state index in [1.807, 2.05) is 66.0 Å². The van der Waals surface area contributed by atoms with Crippen molar-refractivity contribution in [2.75, 3.05) is 12.4 Å². The Hall–Kier alpha value is -3.44. The van der Waals surface area contributed by atoms with Crippen LogP contribution in [0.3, 0.4) is 0 Å². The van der Waals surface area contributed by atoms with Crippen LogP contribution in [0.15, 0.2) is 90.3 Å². The van der Waals surface area contributed by atoms with Gasteiger partial charge in [-0.05, 0) is 35.4 Å². The lowest BCUT2D eigenvalue weighted by Crippen LogP contribution is -2.16. The number of carbonyl (C=O) groups excluding carboxylic acids is 1. The molecule has 4 nitrogen and oxygen atoms in total. The molecule has 0 unspecified atom stereocenters. The Morgan fingerprint density at radius 3 is 2.10 bits per heavy atom. The molecule has 0 atom stereocenters. The van der Waals surface area contributed by atoms with Gasteiger partial charge in [0.2, 0.25) is 5.91 Å². The fourth-order valence-electron chi connectivity index (χ4n) is 3.38. The van der Waals surface area contributed by atoms with Gasteiger partial charge in [-0.25, -0.2) is 4.98 Å². The van der Waals surface area contributed by atoms with Crippen LogP contribution in [0, 0.1) is 0 Å². The number of amides is 1. The van der Waals surface area contributed by atoms with Crippen molar-refractivity contribution in [2.24, 2.45) is 0 Å². The molecule has 1 amide bonds. The summed E-state index contributed by atoms with van der Waals surface area (Å²) in [5.41, 5.74) is 4.06. The Bertz CT molecular complexity index is 1050. The molecule has 150 valence electrons. The molecule has 30 heavy (non-hydrogen) atoms. The van der Waals surface area contributed by atoms with Crippen LogP contribution in [0.4, 0.5) is 5.13 Å². The quantitative estimate of drug-likeness (QED) is 0.405. The van der Waals surface area contributed by atoms with Crippen LogP contribution in [-0.4, -0.2) is 18.0 Å². The van der Waals surface area contributed by atoms with E-state index in [0.717, 1.165) is 28.1 Å². The van der Waals surface area contributed by atoms with E-state index in [0.29, 0.717) is 11.6 Å². The molecular weight excluding hydrogens is 392 g/mol. The van der Waals surface area contributed by atoms with Gasteiger partial charge >= 0.3 is 0 Å². The third kappa shape index (κ3) is 4.75. The maximum atomic E-state index is 12.8.